The Labute approximate surface area is 147 Å². The lowest BCUT2D eigenvalue weighted by Gasteiger charge is -2.15. The Hall–Kier alpha value is -2.83. The van der Waals surface area contributed by atoms with Gasteiger partial charge in [-0.1, -0.05) is 13.8 Å². The molecule has 7 nitrogen and oxygen atoms in total. The molecule has 2 N–H and O–H groups in total. The fourth-order valence-electron chi connectivity index (χ4n) is 2.47. The number of aromatic nitrogens is 2. The van der Waals surface area contributed by atoms with Gasteiger partial charge in [-0.25, -0.2) is 9.78 Å². The van der Waals surface area contributed by atoms with Crippen molar-refractivity contribution in [2.24, 2.45) is 0 Å². The largest absolute Gasteiger partial charge is 0.494 e. The molecular weight excluding hydrogens is 322 g/mol. The zero-order chi connectivity index (χ0) is 19.1. The maximum Gasteiger partial charge on any atom is 0.347 e. The lowest BCUT2D eigenvalue weighted by atomic mass is 10.1. The van der Waals surface area contributed by atoms with Crippen molar-refractivity contribution in [3.05, 3.63) is 45.5 Å². The molecule has 25 heavy (non-hydrogen) atoms. The normalized spacial score (nSPS) is 9.84. The van der Waals surface area contributed by atoms with Crippen LogP contribution in [0.5, 0.6) is 5.75 Å². The van der Waals surface area contributed by atoms with Crippen LogP contribution in [0.3, 0.4) is 0 Å². The first kappa shape index (κ1) is 20.2. The average molecular weight is 347 g/mol. The monoisotopic (exact) mass is 347 g/mol. The third-order valence-corrected chi connectivity index (χ3v) is 3.41. The Morgan fingerprint density at radius 1 is 1.24 bits per heavy atom. The SMILES string of the molecule is CC.CCOc1cc(C)c(-n2cnc(N)c(C(=O)OC)c2=O)c(C)c1. The van der Waals surface area contributed by atoms with Crippen LogP contribution in [-0.4, -0.2) is 29.2 Å². The van der Waals surface area contributed by atoms with Crippen LogP contribution in [0.4, 0.5) is 5.82 Å². The molecule has 0 saturated heterocycles. The third kappa shape index (κ3) is 4.17. The number of methoxy groups -OCH3 is 1. The maximum atomic E-state index is 12.6. The molecule has 0 aliphatic carbocycles. The van der Waals surface area contributed by atoms with Gasteiger partial charge in [0.25, 0.3) is 5.56 Å². The number of nitrogens with two attached hydrogens (primary N) is 1. The van der Waals surface area contributed by atoms with E-state index in [1.54, 1.807) is 0 Å². The molecule has 7 heteroatoms. The van der Waals surface area contributed by atoms with E-state index in [-0.39, 0.29) is 11.4 Å². The van der Waals surface area contributed by atoms with E-state index in [9.17, 15) is 9.59 Å². The number of anilines is 1. The van der Waals surface area contributed by atoms with Crippen LogP contribution in [0.25, 0.3) is 5.69 Å². The summed E-state index contributed by atoms with van der Waals surface area (Å²) in [6.07, 6.45) is 1.31. The van der Waals surface area contributed by atoms with Crippen molar-refractivity contribution in [1.29, 1.82) is 0 Å². The first-order valence-electron chi connectivity index (χ1n) is 8.10. The molecule has 0 amide bonds. The summed E-state index contributed by atoms with van der Waals surface area (Å²) in [6.45, 7) is 10.2. The highest BCUT2D eigenvalue weighted by Gasteiger charge is 2.20. The van der Waals surface area contributed by atoms with Crippen molar-refractivity contribution in [3.63, 3.8) is 0 Å². The van der Waals surface area contributed by atoms with Gasteiger partial charge in [-0.2, -0.15) is 0 Å². The molecule has 0 fully saturated rings. The summed E-state index contributed by atoms with van der Waals surface area (Å²) in [7, 11) is 1.19. The molecule has 2 aromatic rings. The number of hydrogen-bond donors (Lipinski definition) is 1. The predicted molar refractivity (Wildman–Crippen MR) is 97.6 cm³/mol. The number of esters is 1. The van der Waals surface area contributed by atoms with Crippen molar-refractivity contribution in [1.82, 2.24) is 9.55 Å². The van der Waals surface area contributed by atoms with Gasteiger partial charge < -0.3 is 15.2 Å². The fraction of sp³-hybridized carbons (Fsp3) is 0.389. The van der Waals surface area contributed by atoms with Gasteiger partial charge in [0.15, 0.2) is 5.56 Å². The van der Waals surface area contributed by atoms with Crippen LogP contribution in [0.2, 0.25) is 0 Å². The van der Waals surface area contributed by atoms with Crippen LogP contribution in [0.1, 0.15) is 42.3 Å². The number of hydrogen-bond acceptors (Lipinski definition) is 6. The molecule has 0 saturated carbocycles. The summed E-state index contributed by atoms with van der Waals surface area (Å²) in [5.41, 5.74) is 7.06. The van der Waals surface area contributed by atoms with Crippen LogP contribution < -0.4 is 16.0 Å². The van der Waals surface area contributed by atoms with Gasteiger partial charge in [0.05, 0.1) is 19.4 Å². The zero-order valence-corrected chi connectivity index (χ0v) is 15.5. The minimum Gasteiger partial charge on any atom is -0.494 e. The predicted octanol–water partition coefficient (Wildman–Crippen LogP) is 2.64. The molecule has 136 valence electrons. The molecule has 0 unspecified atom stereocenters. The second kappa shape index (κ2) is 8.86. The number of carbonyl (C=O) groups is 1. The van der Waals surface area contributed by atoms with Gasteiger partial charge in [0.1, 0.15) is 17.9 Å². The zero-order valence-electron chi connectivity index (χ0n) is 15.5. The van der Waals surface area contributed by atoms with E-state index in [1.807, 2.05) is 46.8 Å². The van der Waals surface area contributed by atoms with E-state index in [4.69, 9.17) is 10.5 Å². The van der Waals surface area contributed by atoms with Crippen molar-refractivity contribution >= 4 is 11.8 Å². The second-order valence-corrected chi connectivity index (χ2v) is 5.01. The lowest BCUT2D eigenvalue weighted by molar-refractivity contribution is 0.0599. The quantitative estimate of drug-likeness (QED) is 0.854. The van der Waals surface area contributed by atoms with Gasteiger partial charge in [-0.3, -0.25) is 9.36 Å². The van der Waals surface area contributed by atoms with E-state index >= 15 is 0 Å². The first-order valence-corrected chi connectivity index (χ1v) is 8.10. The Morgan fingerprint density at radius 2 is 1.80 bits per heavy atom. The minimum atomic E-state index is -0.810. The van der Waals surface area contributed by atoms with Crippen molar-refractivity contribution in [2.45, 2.75) is 34.6 Å². The number of nitrogen functional groups attached to an aromatic ring is 1. The second-order valence-electron chi connectivity index (χ2n) is 5.01. The molecule has 0 radical (unpaired) electrons. The first-order chi connectivity index (χ1) is 11.9. The topological polar surface area (TPSA) is 96.4 Å². The van der Waals surface area contributed by atoms with Crippen LogP contribution in [0, 0.1) is 13.8 Å². The molecular formula is C18H25N3O4. The van der Waals surface area contributed by atoms with E-state index < -0.39 is 11.5 Å². The molecule has 0 aliphatic heterocycles. The highest BCUT2D eigenvalue weighted by molar-refractivity contribution is 5.93. The fourth-order valence-corrected chi connectivity index (χ4v) is 2.47. The van der Waals surface area contributed by atoms with Crippen LogP contribution >= 0.6 is 0 Å². The van der Waals surface area contributed by atoms with Gasteiger partial charge in [0, 0.05) is 0 Å². The molecule has 1 aromatic carbocycles. The number of nitrogens with zero attached hydrogens (tertiary/aromatic N) is 2. The summed E-state index contributed by atoms with van der Waals surface area (Å²) >= 11 is 0. The van der Waals surface area contributed by atoms with Crippen LogP contribution in [0.15, 0.2) is 23.3 Å². The Kier molecular flexibility index (Phi) is 7.17. The lowest BCUT2D eigenvalue weighted by Crippen LogP contribution is -2.29. The summed E-state index contributed by atoms with van der Waals surface area (Å²) in [5, 5.41) is 0. The smallest absolute Gasteiger partial charge is 0.347 e. The van der Waals surface area contributed by atoms with Gasteiger partial charge >= 0.3 is 5.97 Å². The third-order valence-electron chi connectivity index (χ3n) is 3.41. The van der Waals surface area contributed by atoms with Gasteiger partial charge in [0.2, 0.25) is 0 Å². The van der Waals surface area contributed by atoms with E-state index in [0.29, 0.717) is 12.3 Å². The molecule has 0 spiro atoms. The number of benzene rings is 1. The average Bonchev–Trinajstić information content (AvgIpc) is 2.58. The molecule has 2 rings (SSSR count). The summed E-state index contributed by atoms with van der Waals surface area (Å²) in [6, 6.07) is 3.65. The standard InChI is InChI=1S/C16H19N3O4.C2H6/c1-5-23-11-6-9(2)13(10(3)7-11)19-8-18-14(17)12(15(19)20)16(21)22-4;1-2/h6-8H,5,17H2,1-4H3;1-2H3. The highest BCUT2D eigenvalue weighted by atomic mass is 16.5. The van der Waals surface area contributed by atoms with E-state index in [2.05, 4.69) is 9.72 Å². The summed E-state index contributed by atoms with van der Waals surface area (Å²) in [4.78, 5) is 28.3. The van der Waals surface area contributed by atoms with Crippen molar-refractivity contribution in [3.8, 4) is 11.4 Å². The van der Waals surface area contributed by atoms with Gasteiger partial charge in [-0.15, -0.1) is 0 Å². The number of rotatable bonds is 4. The summed E-state index contributed by atoms with van der Waals surface area (Å²) < 4.78 is 11.4. The molecule has 0 bridgehead atoms. The van der Waals surface area contributed by atoms with Gasteiger partial charge in [-0.05, 0) is 44.0 Å². The van der Waals surface area contributed by atoms with E-state index in [1.165, 1.54) is 18.0 Å². The number of ether oxygens (including phenoxy) is 2. The Bertz CT molecular complexity index is 789. The van der Waals surface area contributed by atoms with Crippen LogP contribution in [-0.2, 0) is 4.74 Å². The number of aryl methyl sites for hydroxylation is 2. The minimum absolute atomic E-state index is 0.153. The van der Waals surface area contributed by atoms with Crippen molar-refractivity contribution in [2.75, 3.05) is 19.5 Å². The highest BCUT2D eigenvalue weighted by Crippen LogP contribution is 2.24. The molecule has 1 heterocycles. The Morgan fingerprint density at radius 3 is 2.28 bits per heavy atom. The number of carbonyl (C=O) groups excluding carboxylic acids is 1. The van der Waals surface area contributed by atoms with E-state index in [0.717, 1.165) is 16.9 Å². The maximum absolute atomic E-state index is 12.6. The molecule has 1 aromatic heterocycles. The molecule has 0 atom stereocenters. The summed E-state index contributed by atoms with van der Waals surface area (Å²) in [5.74, 6) is -0.245. The Balaban J connectivity index is 0.00000151. The van der Waals surface area contributed by atoms with Crippen molar-refractivity contribution < 1.29 is 14.3 Å². The molecule has 0 aliphatic rings.